The highest BCUT2D eigenvalue weighted by Gasteiger charge is 2.20. The van der Waals surface area contributed by atoms with Crippen LogP contribution < -0.4 is 21.6 Å². The Labute approximate surface area is 155 Å². The molecule has 0 amide bonds. The Kier molecular flexibility index (Phi) is 4.82. The molecule has 0 saturated carbocycles. The fourth-order valence-corrected chi connectivity index (χ4v) is 5.69. The minimum absolute atomic E-state index is 0.658. The van der Waals surface area contributed by atoms with Crippen LogP contribution in [0.4, 0.5) is 5.69 Å². The number of hydrogen-bond donors (Lipinski definition) is 1. The number of anilines is 1. The Morgan fingerprint density at radius 2 is 0.923 bits per heavy atom. The van der Waals surface area contributed by atoms with Crippen molar-refractivity contribution < 1.29 is 0 Å². The lowest BCUT2D eigenvalue weighted by Crippen LogP contribution is -2.22. The van der Waals surface area contributed by atoms with E-state index in [0.717, 1.165) is 11.3 Å². The van der Waals surface area contributed by atoms with Crippen molar-refractivity contribution in [2.75, 3.05) is 5.73 Å². The van der Waals surface area contributed by atoms with Crippen LogP contribution in [0, 0.1) is 0 Å². The lowest BCUT2D eigenvalue weighted by molar-refractivity contribution is 1.63. The van der Waals surface area contributed by atoms with Gasteiger partial charge in [-0.25, -0.2) is 0 Å². The Morgan fingerprint density at radius 1 is 0.462 bits per heavy atom. The zero-order valence-corrected chi connectivity index (χ0v) is 15.3. The van der Waals surface area contributed by atoms with Gasteiger partial charge in [-0.05, 0) is 35.5 Å². The van der Waals surface area contributed by atoms with Gasteiger partial charge in [0.2, 0.25) is 0 Å². The lowest BCUT2D eigenvalue weighted by atomic mass is 10.0. The number of hydrogen-bond acceptors (Lipinski definition) is 1. The summed E-state index contributed by atoms with van der Waals surface area (Å²) < 4.78 is 0. The fourth-order valence-electron chi connectivity index (χ4n) is 3.22. The molecule has 0 aliphatic carbocycles. The molecule has 0 saturated heterocycles. The molecule has 2 N–H and O–H groups in total. The van der Waals surface area contributed by atoms with Gasteiger partial charge in [-0.3, -0.25) is 0 Å². The maximum atomic E-state index is 6.31. The maximum absolute atomic E-state index is 6.31. The SMILES string of the molecule is Nc1ccccc1-c1ccccc1P(c1ccccc1)c1ccccc1. The first-order valence-electron chi connectivity index (χ1n) is 8.69. The third-order valence-corrected chi connectivity index (χ3v) is 6.93. The molecule has 0 heterocycles. The van der Waals surface area contributed by atoms with E-state index in [9.17, 15) is 0 Å². The summed E-state index contributed by atoms with van der Waals surface area (Å²) in [5.74, 6) is 0. The van der Waals surface area contributed by atoms with Crippen LogP contribution in [0.2, 0.25) is 0 Å². The molecule has 4 aromatic rings. The van der Waals surface area contributed by atoms with Gasteiger partial charge in [-0.15, -0.1) is 0 Å². The zero-order chi connectivity index (χ0) is 17.8. The van der Waals surface area contributed by atoms with Gasteiger partial charge >= 0.3 is 0 Å². The Hall–Kier alpha value is -2.89. The highest BCUT2D eigenvalue weighted by atomic mass is 31.1. The average Bonchev–Trinajstić information content (AvgIpc) is 2.71. The molecular weight excluding hydrogens is 333 g/mol. The van der Waals surface area contributed by atoms with Gasteiger partial charge in [-0.1, -0.05) is 103 Å². The van der Waals surface area contributed by atoms with Crippen LogP contribution >= 0.6 is 7.92 Å². The van der Waals surface area contributed by atoms with E-state index >= 15 is 0 Å². The molecule has 26 heavy (non-hydrogen) atoms. The van der Waals surface area contributed by atoms with Crippen LogP contribution in [0.5, 0.6) is 0 Å². The van der Waals surface area contributed by atoms with Crippen LogP contribution in [0.3, 0.4) is 0 Å². The summed E-state index contributed by atoms with van der Waals surface area (Å²) in [4.78, 5) is 0. The van der Waals surface area contributed by atoms with Crippen LogP contribution in [-0.2, 0) is 0 Å². The van der Waals surface area contributed by atoms with E-state index < -0.39 is 7.92 Å². The minimum atomic E-state index is -0.658. The van der Waals surface area contributed by atoms with Crippen LogP contribution in [0.1, 0.15) is 0 Å². The summed E-state index contributed by atoms with van der Waals surface area (Å²) in [6.45, 7) is 0. The molecule has 0 aromatic heterocycles. The Bertz CT molecular complexity index is 957. The predicted molar refractivity (Wildman–Crippen MR) is 115 cm³/mol. The molecule has 1 nitrogen and oxygen atoms in total. The second-order valence-electron chi connectivity index (χ2n) is 6.11. The first-order valence-corrected chi connectivity index (χ1v) is 10.0. The molecule has 4 rings (SSSR count). The maximum Gasteiger partial charge on any atom is 0.0393 e. The highest BCUT2D eigenvalue weighted by molar-refractivity contribution is 7.80. The molecule has 0 aliphatic heterocycles. The van der Waals surface area contributed by atoms with Gasteiger partial charge in [0.15, 0.2) is 0 Å². The third-order valence-electron chi connectivity index (χ3n) is 4.42. The molecule has 0 spiro atoms. The highest BCUT2D eigenvalue weighted by Crippen LogP contribution is 2.38. The van der Waals surface area contributed by atoms with Crippen LogP contribution in [0.15, 0.2) is 109 Å². The van der Waals surface area contributed by atoms with Gasteiger partial charge in [0.1, 0.15) is 0 Å². The number of nitrogens with two attached hydrogens (primary N) is 1. The van der Waals surface area contributed by atoms with E-state index in [1.54, 1.807) is 0 Å². The van der Waals surface area contributed by atoms with E-state index in [-0.39, 0.29) is 0 Å². The van der Waals surface area contributed by atoms with Crippen molar-refractivity contribution in [2.24, 2.45) is 0 Å². The molecule has 0 radical (unpaired) electrons. The monoisotopic (exact) mass is 353 g/mol. The van der Waals surface area contributed by atoms with Crippen LogP contribution in [0.25, 0.3) is 11.1 Å². The fraction of sp³-hybridized carbons (Fsp3) is 0. The lowest BCUT2D eigenvalue weighted by Gasteiger charge is -2.23. The number of nitrogen functional groups attached to an aromatic ring is 1. The average molecular weight is 353 g/mol. The number of para-hydroxylation sites is 1. The van der Waals surface area contributed by atoms with E-state index in [1.165, 1.54) is 21.5 Å². The second kappa shape index (κ2) is 7.56. The quantitative estimate of drug-likeness (QED) is 0.418. The molecule has 0 atom stereocenters. The molecule has 0 bridgehead atoms. The van der Waals surface area contributed by atoms with Gasteiger partial charge in [0.25, 0.3) is 0 Å². The van der Waals surface area contributed by atoms with Crippen molar-refractivity contribution in [1.29, 1.82) is 0 Å². The zero-order valence-electron chi connectivity index (χ0n) is 14.4. The second-order valence-corrected chi connectivity index (χ2v) is 8.30. The molecule has 0 aliphatic rings. The number of rotatable bonds is 4. The summed E-state index contributed by atoms with van der Waals surface area (Å²) in [7, 11) is -0.658. The summed E-state index contributed by atoms with van der Waals surface area (Å²) in [6.07, 6.45) is 0. The molecule has 0 unspecified atom stereocenters. The minimum Gasteiger partial charge on any atom is -0.398 e. The van der Waals surface area contributed by atoms with Gasteiger partial charge in [0.05, 0.1) is 0 Å². The molecule has 4 aromatic carbocycles. The van der Waals surface area contributed by atoms with E-state index in [4.69, 9.17) is 5.73 Å². The Balaban J connectivity index is 1.95. The Morgan fingerprint density at radius 3 is 1.50 bits per heavy atom. The van der Waals surface area contributed by atoms with Crippen molar-refractivity contribution in [3.8, 4) is 11.1 Å². The first kappa shape index (κ1) is 16.6. The largest absolute Gasteiger partial charge is 0.398 e. The molecule has 2 heteroatoms. The predicted octanol–water partition coefficient (Wildman–Crippen LogP) is 4.69. The third kappa shape index (κ3) is 3.27. The standard InChI is InChI=1S/C24H20NP/c25-23-17-9-7-15-21(23)22-16-8-10-18-24(22)26(19-11-3-1-4-12-19)20-13-5-2-6-14-20/h1-18H,25H2. The van der Waals surface area contributed by atoms with Crippen molar-refractivity contribution in [3.05, 3.63) is 109 Å². The van der Waals surface area contributed by atoms with Crippen LogP contribution in [-0.4, -0.2) is 0 Å². The molecule has 0 fully saturated rings. The van der Waals surface area contributed by atoms with Gasteiger partial charge in [0, 0.05) is 11.3 Å². The summed E-state index contributed by atoms with van der Waals surface area (Å²) in [6, 6.07) is 38.3. The van der Waals surface area contributed by atoms with Crippen molar-refractivity contribution >= 4 is 29.5 Å². The summed E-state index contributed by atoms with van der Waals surface area (Å²) >= 11 is 0. The normalized spacial score (nSPS) is 10.8. The van der Waals surface area contributed by atoms with Crippen molar-refractivity contribution in [3.63, 3.8) is 0 Å². The number of benzene rings is 4. The van der Waals surface area contributed by atoms with Gasteiger partial charge < -0.3 is 5.73 Å². The van der Waals surface area contributed by atoms with E-state index in [0.29, 0.717) is 0 Å². The van der Waals surface area contributed by atoms with E-state index in [2.05, 4.69) is 97.1 Å². The van der Waals surface area contributed by atoms with Crippen molar-refractivity contribution in [1.82, 2.24) is 0 Å². The van der Waals surface area contributed by atoms with Gasteiger partial charge in [-0.2, -0.15) is 0 Å². The molecule has 126 valence electrons. The summed E-state index contributed by atoms with van der Waals surface area (Å²) in [5, 5.41) is 4.02. The summed E-state index contributed by atoms with van der Waals surface area (Å²) in [5.41, 5.74) is 9.43. The van der Waals surface area contributed by atoms with E-state index in [1.807, 2.05) is 12.1 Å². The first-order chi connectivity index (χ1) is 12.8. The molecular formula is C24H20NP. The smallest absolute Gasteiger partial charge is 0.0393 e. The van der Waals surface area contributed by atoms with Crippen molar-refractivity contribution in [2.45, 2.75) is 0 Å². The topological polar surface area (TPSA) is 26.0 Å².